The molecule has 0 N–H and O–H groups in total. The van der Waals surface area contributed by atoms with E-state index in [9.17, 15) is 18.0 Å². The SMILES string of the molecule is C[C@H]1COC(=O)N1c1ccc(C(F)(F)F)cc1. The van der Waals surface area contributed by atoms with Crippen molar-refractivity contribution < 1.29 is 22.7 Å². The van der Waals surface area contributed by atoms with E-state index in [0.717, 1.165) is 12.1 Å². The molecule has 0 spiro atoms. The maximum absolute atomic E-state index is 12.3. The number of halogens is 3. The molecule has 1 heterocycles. The summed E-state index contributed by atoms with van der Waals surface area (Å²) >= 11 is 0. The minimum absolute atomic E-state index is 0.167. The molecule has 1 fully saturated rings. The van der Waals surface area contributed by atoms with Crippen LogP contribution >= 0.6 is 0 Å². The Balaban J connectivity index is 2.27. The molecule has 1 aromatic rings. The lowest BCUT2D eigenvalue weighted by molar-refractivity contribution is -0.137. The molecule has 3 nitrogen and oxygen atoms in total. The summed E-state index contributed by atoms with van der Waals surface area (Å²) in [5, 5.41) is 0. The van der Waals surface area contributed by atoms with Crippen LogP contribution in [0.1, 0.15) is 12.5 Å². The fraction of sp³-hybridized carbons (Fsp3) is 0.364. The van der Waals surface area contributed by atoms with E-state index < -0.39 is 17.8 Å². The fourth-order valence-electron chi connectivity index (χ4n) is 1.69. The van der Waals surface area contributed by atoms with Crippen molar-refractivity contribution >= 4 is 11.8 Å². The van der Waals surface area contributed by atoms with Crippen molar-refractivity contribution in [3.63, 3.8) is 0 Å². The molecule has 0 unspecified atom stereocenters. The largest absolute Gasteiger partial charge is 0.447 e. The second-order valence-corrected chi connectivity index (χ2v) is 3.84. The molecule has 1 amide bonds. The highest BCUT2D eigenvalue weighted by Crippen LogP contribution is 2.31. The molecule has 17 heavy (non-hydrogen) atoms. The zero-order chi connectivity index (χ0) is 12.6. The van der Waals surface area contributed by atoms with Crippen molar-refractivity contribution in [2.75, 3.05) is 11.5 Å². The van der Waals surface area contributed by atoms with Gasteiger partial charge in [0, 0.05) is 5.69 Å². The molecule has 1 aliphatic heterocycles. The van der Waals surface area contributed by atoms with Gasteiger partial charge in [0.25, 0.3) is 0 Å². The van der Waals surface area contributed by atoms with Gasteiger partial charge in [0.15, 0.2) is 0 Å². The quantitative estimate of drug-likeness (QED) is 0.761. The maximum Gasteiger partial charge on any atom is 0.416 e. The van der Waals surface area contributed by atoms with Crippen molar-refractivity contribution in [2.45, 2.75) is 19.1 Å². The highest BCUT2D eigenvalue weighted by Gasteiger charge is 2.33. The number of ether oxygens (including phenoxy) is 1. The van der Waals surface area contributed by atoms with Crippen LogP contribution < -0.4 is 4.90 Å². The number of anilines is 1. The Morgan fingerprint density at radius 2 is 1.88 bits per heavy atom. The third-order valence-corrected chi connectivity index (χ3v) is 2.56. The van der Waals surface area contributed by atoms with Gasteiger partial charge in [-0.1, -0.05) is 0 Å². The van der Waals surface area contributed by atoms with Crippen LogP contribution in [0.2, 0.25) is 0 Å². The number of hydrogen-bond acceptors (Lipinski definition) is 2. The first-order valence-corrected chi connectivity index (χ1v) is 5.03. The number of carbonyl (C=O) groups is 1. The number of benzene rings is 1. The van der Waals surface area contributed by atoms with Crippen molar-refractivity contribution in [3.8, 4) is 0 Å². The normalized spacial score (nSPS) is 20.6. The van der Waals surface area contributed by atoms with E-state index in [1.165, 1.54) is 17.0 Å². The molecule has 2 rings (SSSR count). The number of nitrogens with zero attached hydrogens (tertiary/aromatic N) is 1. The smallest absolute Gasteiger partial charge is 0.416 e. The molecule has 0 bridgehead atoms. The minimum atomic E-state index is -4.37. The van der Waals surface area contributed by atoms with Gasteiger partial charge in [0.05, 0.1) is 11.6 Å². The molecule has 0 saturated carbocycles. The van der Waals surface area contributed by atoms with Gasteiger partial charge < -0.3 is 4.74 Å². The molecule has 0 aromatic heterocycles. The van der Waals surface area contributed by atoms with Gasteiger partial charge in [-0.2, -0.15) is 13.2 Å². The summed E-state index contributed by atoms with van der Waals surface area (Å²) in [4.78, 5) is 12.7. The number of hydrogen-bond donors (Lipinski definition) is 0. The molecule has 92 valence electrons. The van der Waals surface area contributed by atoms with E-state index in [4.69, 9.17) is 4.74 Å². The molecule has 0 radical (unpaired) electrons. The van der Waals surface area contributed by atoms with E-state index in [2.05, 4.69) is 0 Å². The predicted molar refractivity (Wildman–Crippen MR) is 54.7 cm³/mol. The Hall–Kier alpha value is -1.72. The first-order chi connectivity index (χ1) is 7.89. The van der Waals surface area contributed by atoms with Crippen molar-refractivity contribution in [2.24, 2.45) is 0 Å². The van der Waals surface area contributed by atoms with Gasteiger partial charge in [0.2, 0.25) is 0 Å². The zero-order valence-corrected chi connectivity index (χ0v) is 8.99. The molecule has 1 aromatic carbocycles. The summed E-state index contributed by atoms with van der Waals surface area (Å²) in [5.74, 6) is 0. The van der Waals surface area contributed by atoms with E-state index in [1.54, 1.807) is 6.92 Å². The van der Waals surface area contributed by atoms with Gasteiger partial charge >= 0.3 is 12.3 Å². The van der Waals surface area contributed by atoms with Crippen LogP contribution in [0.15, 0.2) is 24.3 Å². The van der Waals surface area contributed by atoms with Crippen LogP contribution in [0.4, 0.5) is 23.7 Å². The van der Waals surface area contributed by atoms with Gasteiger partial charge in [-0.05, 0) is 31.2 Å². The van der Waals surface area contributed by atoms with E-state index in [0.29, 0.717) is 5.69 Å². The summed E-state index contributed by atoms with van der Waals surface area (Å²) < 4.78 is 41.8. The van der Waals surface area contributed by atoms with Crippen molar-refractivity contribution in [1.82, 2.24) is 0 Å². The van der Waals surface area contributed by atoms with Crippen LogP contribution in [0, 0.1) is 0 Å². The zero-order valence-electron chi connectivity index (χ0n) is 8.99. The summed E-state index contributed by atoms with van der Waals surface area (Å²) in [5.41, 5.74) is -0.325. The monoisotopic (exact) mass is 245 g/mol. The van der Waals surface area contributed by atoms with Gasteiger partial charge in [-0.3, -0.25) is 4.90 Å². The van der Waals surface area contributed by atoms with Crippen molar-refractivity contribution in [1.29, 1.82) is 0 Å². The van der Waals surface area contributed by atoms with Crippen LogP contribution in [0.25, 0.3) is 0 Å². The van der Waals surface area contributed by atoms with E-state index >= 15 is 0 Å². The molecule has 1 aliphatic rings. The third-order valence-electron chi connectivity index (χ3n) is 2.56. The number of amides is 1. The lowest BCUT2D eigenvalue weighted by Gasteiger charge is -2.18. The standard InChI is InChI=1S/C11H10F3NO2/c1-7-6-17-10(16)15(7)9-4-2-8(3-5-9)11(12,13)14/h2-5,7H,6H2,1H3/t7-/m0/s1. The van der Waals surface area contributed by atoms with Crippen molar-refractivity contribution in [3.05, 3.63) is 29.8 Å². The van der Waals surface area contributed by atoms with Gasteiger partial charge in [-0.15, -0.1) is 0 Å². The fourth-order valence-corrected chi connectivity index (χ4v) is 1.69. The van der Waals surface area contributed by atoms with Gasteiger partial charge in [-0.25, -0.2) is 4.79 Å². The second-order valence-electron chi connectivity index (χ2n) is 3.84. The molecular weight excluding hydrogens is 235 g/mol. The lowest BCUT2D eigenvalue weighted by atomic mass is 10.2. The van der Waals surface area contributed by atoms with Crippen LogP contribution in [0.3, 0.4) is 0 Å². The van der Waals surface area contributed by atoms with Gasteiger partial charge in [0.1, 0.15) is 6.61 Å². The first-order valence-electron chi connectivity index (χ1n) is 5.03. The van der Waals surface area contributed by atoms with E-state index in [-0.39, 0.29) is 12.6 Å². The molecule has 1 atom stereocenters. The summed E-state index contributed by atoms with van der Waals surface area (Å²) in [6.07, 6.45) is -4.90. The van der Waals surface area contributed by atoms with Crippen LogP contribution in [-0.2, 0) is 10.9 Å². The van der Waals surface area contributed by atoms with Crippen LogP contribution in [0.5, 0.6) is 0 Å². The Bertz CT molecular complexity index is 427. The predicted octanol–water partition coefficient (Wildman–Crippen LogP) is 3.05. The highest BCUT2D eigenvalue weighted by atomic mass is 19.4. The lowest BCUT2D eigenvalue weighted by Crippen LogP contribution is -2.30. The number of carbonyl (C=O) groups excluding carboxylic acids is 1. The number of rotatable bonds is 1. The topological polar surface area (TPSA) is 29.5 Å². The Morgan fingerprint density at radius 1 is 1.29 bits per heavy atom. The Labute approximate surface area is 95.8 Å². The molecule has 0 aliphatic carbocycles. The summed E-state index contributed by atoms with van der Waals surface area (Å²) in [6.45, 7) is 2.02. The Morgan fingerprint density at radius 3 is 2.29 bits per heavy atom. The summed E-state index contributed by atoms with van der Waals surface area (Å²) in [7, 11) is 0. The minimum Gasteiger partial charge on any atom is -0.447 e. The average molecular weight is 245 g/mol. The third kappa shape index (κ3) is 2.20. The van der Waals surface area contributed by atoms with E-state index in [1.807, 2.05) is 0 Å². The molecular formula is C11H10F3NO2. The molecule has 1 saturated heterocycles. The average Bonchev–Trinajstić information content (AvgIpc) is 2.58. The second kappa shape index (κ2) is 3.94. The summed E-state index contributed by atoms with van der Waals surface area (Å²) in [6, 6.07) is 4.28. The highest BCUT2D eigenvalue weighted by molar-refractivity contribution is 5.90. The maximum atomic E-state index is 12.3. The molecule has 6 heteroatoms. The van der Waals surface area contributed by atoms with Crippen LogP contribution in [-0.4, -0.2) is 18.7 Å². The Kier molecular flexibility index (Phi) is 2.73. The first kappa shape index (κ1) is 11.8. The number of cyclic esters (lactones) is 1. The number of alkyl halides is 3.